The van der Waals surface area contributed by atoms with E-state index in [1.54, 1.807) is 12.1 Å². The first-order chi connectivity index (χ1) is 15.9. The van der Waals surface area contributed by atoms with Gasteiger partial charge in [-0.1, -0.05) is 32.1 Å². The predicted molar refractivity (Wildman–Crippen MR) is 133 cm³/mol. The number of anilines is 3. The van der Waals surface area contributed by atoms with Gasteiger partial charge in [0, 0.05) is 23.4 Å². The Morgan fingerprint density at radius 3 is 2.52 bits per heavy atom. The van der Waals surface area contributed by atoms with Crippen molar-refractivity contribution < 1.29 is 14.7 Å². The van der Waals surface area contributed by atoms with Crippen molar-refractivity contribution in [1.29, 1.82) is 0 Å². The fourth-order valence-corrected chi connectivity index (χ4v) is 4.22. The van der Waals surface area contributed by atoms with Crippen molar-refractivity contribution in [3.05, 3.63) is 65.9 Å². The maximum absolute atomic E-state index is 11.9. The summed E-state index contributed by atoms with van der Waals surface area (Å²) in [7, 11) is 0. The molecule has 2 aromatic heterocycles. The molecular formula is C25H28N4O3S. The molecule has 0 unspecified atom stereocenters. The lowest BCUT2D eigenvalue weighted by molar-refractivity contribution is -0.136. The molecule has 2 heterocycles. The van der Waals surface area contributed by atoms with Gasteiger partial charge < -0.3 is 15.7 Å². The van der Waals surface area contributed by atoms with Gasteiger partial charge in [-0.2, -0.15) is 0 Å². The van der Waals surface area contributed by atoms with E-state index in [1.165, 1.54) is 11.3 Å². The van der Waals surface area contributed by atoms with E-state index in [-0.39, 0.29) is 12.3 Å². The summed E-state index contributed by atoms with van der Waals surface area (Å²) in [6.45, 7) is 7.89. The standard InChI is InChI=1S/C25H28N4O3S/c1-4-7-18-19(6-3)27-25(20-13-14-22(33-20)28-21(30)8-5-2)29-24(18)26-17-11-9-16(10-12-17)15-23(31)32/h4,9-14H,1,5-8,15H2,2-3H3,(H,28,30)(H,31,32)(H,26,27,29). The molecule has 3 aromatic rings. The van der Waals surface area contributed by atoms with Crippen molar-refractivity contribution in [2.45, 2.75) is 46.0 Å². The first kappa shape index (κ1) is 24.1. The Balaban J connectivity index is 1.93. The molecule has 0 saturated heterocycles. The van der Waals surface area contributed by atoms with Crippen molar-refractivity contribution in [3.63, 3.8) is 0 Å². The summed E-state index contributed by atoms with van der Waals surface area (Å²) in [4.78, 5) is 33.3. The number of aromatic nitrogens is 2. The van der Waals surface area contributed by atoms with Gasteiger partial charge in [0.05, 0.1) is 16.3 Å². The second-order valence-electron chi connectivity index (χ2n) is 7.52. The SMILES string of the molecule is C=CCc1c(CC)nc(-c2ccc(NC(=O)CCC)s2)nc1Nc1ccc(CC(=O)O)cc1. The fourth-order valence-electron chi connectivity index (χ4n) is 3.36. The summed E-state index contributed by atoms with van der Waals surface area (Å²) in [5.41, 5.74) is 3.43. The molecule has 0 fully saturated rings. The Kier molecular flexibility index (Phi) is 8.32. The summed E-state index contributed by atoms with van der Waals surface area (Å²) < 4.78 is 0. The highest BCUT2D eigenvalue weighted by molar-refractivity contribution is 7.19. The van der Waals surface area contributed by atoms with Crippen LogP contribution in [0.4, 0.5) is 16.5 Å². The van der Waals surface area contributed by atoms with E-state index in [2.05, 4.69) is 17.2 Å². The monoisotopic (exact) mass is 464 g/mol. The van der Waals surface area contributed by atoms with Crippen LogP contribution in [0.5, 0.6) is 0 Å². The topological polar surface area (TPSA) is 104 Å². The molecule has 1 amide bonds. The van der Waals surface area contributed by atoms with Gasteiger partial charge in [-0.3, -0.25) is 9.59 Å². The van der Waals surface area contributed by atoms with Crippen LogP contribution in [0.25, 0.3) is 10.7 Å². The number of allylic oxidation sites excluding steroid dienone is 1. The maximum Gasteiger partial charge on any atom is 0.307 e. The van der Waals surface area contributed by atoms with Crippen LogP contribution in [0.15, 0.2) is 49.1 Å². The lowest BCUT2D eigenvalue weighted by Crippen LogP contribution is -2.09. The van der Waals surface area contributed by atoms with Crippen molar-refractivity contribution >= 4 is 39.7 Å². The number of thiophene rings is 1. The number of aryl methyl sites for hydroxylation is 1. The van der Waals surface area contributed by atoms with E-state index in [0.717, 1.165) is 45.2 Å². The molecule has 0 aliphatic heterocycles. The Bertz CT molecular complexity index is 1140. The second kappa shape index (κ2) is 11.4. The van der Waals surface area contributed by atoms with Crippen LogP contribution in [0.2, 0.25) is 0 Å². The molecule has 0 spiro atoms. The number of carboxylic acids is 1. The minimum atomic E-state index is -0.863. The molecule has 1 aromatic carbocycles. The van der Waals surface area contributed by atoms with Crippen LogP contribution >= 0.6 is 11.3 Å². The summed E-state index contributed by atoms with van der Waals surface area (Å²) in [6.07, 6.45) is 4.44. The van der Waals surface area contributed by atoms with Crippen LogP contribution in [0, 0.1) is 0 Å². The molecule has 3 N–H and O–H groups in total. The molecule has 0 aliphatic carbocycles. The molecule has 0 aliphatic rings. The second-order valence-corrected chi connectivity index (χ2v) is 8.61. The van der Waals surface area contributed by atoms with Gasteiger partial charge in [0.1, 0.15) is 5.82 Å². The molecule has 0 radical (unpaired) electrons. The summed E-state index contributed by atoms with van der Waals surface area (Å²) in [6, 6.07) is 11.0. The molecule has 7 nitrogen and oxygen atoms in total. The highest BCUT2D eigenvalue weighted by atomic mass is 32.1. The largest absolute Gasteiger partial charge is 0.481 e. The molecule has 0 atom stereocenters. The zero-order valence-corrected chi connectivity index (χ0v) is 19.7. The molecular weight excluding hydrogens is 436 g/mol. The predicted octanol–water partition coefficient (Wildman–Crippen LogP) is 5.61. The maximum atomic E-state index is 11.9. The average molecular weight is 465 g/mol. The average Bonchev–Trinajstić information content (AvgIpc) is 3.24. The van der Waals surface area contributed by atoms with E-state index < -0.39 is 5.97 Å². The number of aliphatic carboxylic acids is 1. The number of carbonyl (C=O) groups excluding carboxylic acids is 1. The van der Waals surface area contributed by atoms with Gasteiger partial charge >= 0.3 is 5.97 Å². The van der Waals surface area contributed by atoms with Gasteiger partial charge in [-0.05, 0) is 49.1 Å². The van der Waals surface area contributed by atoms with Crippen LogP contribution in [0.3, 0.4) is 0 Å². The number of carboxylic acid groups (broad SMARTS) is 1. The Morgan fingerprint density at radius 2 is 1.88 bits per heavy atom. The van der Waals surface area contributed by atoms with Crippen LogP contribution in [-0.4, -0.2) is 27.0 Å². The third-order valence-electron chi connectivity index (χ3n) is 4.91. The minimum absolute atomic E-state index is 0.00361. The van der Waals surface area contributed by atoms with Gasteiger partial charge in [-0.15, -0.1) is 17.9 Å². The minimum Gasteiger partial charge on any atom is -0.481 e. The summed E-state index contributed by atoms with van der Waals surface area (Å²) >= 11 is 1.44. The summed E-state index contributed by atoms with van der Waals surface area (Å²) in [5.74, 6) is 0.410. The first-order valence-corrected chi connectivity index (χ1v) is 11.7. The molecule has 33 heavy (non-hydrogen) atoms. The molecule has 3 rings (SSSR count). The fraction of sp³-hybridized carbons (Fsp3) is 0.280. The van der Waals surface area contributed by atoms with Gasteiger partial charge in [-0.25, -0.2) is 9.97 Å². The Hall–Kier alpha value is -3.52. The third-order valence-corrected chi connectivity index (χ3v) is 5.91. The molecule has 8 heteroatoms. The number of rotatable bonds is 11. The van der Waals surface area contributed by atoms with Crippen molar-refractivity contribution in [2.75, 3.05) is 10.6 Å². The number of carbonyl (C=O) groups is 2. The quantitative estimate of drug-likeness (QED) is 0.319. The number of hydrogen-bond acceptors (Lipinski definition) is 6. The lowest BCUT2D eigenvalue weighted by Gasteiger charge is -2.15. The number of amides is 1. The zero-order valence-electron chi connectivity index (χ0n) is 18.9. The highest BCUT2D eigenvalue weighted by Gasteiger charge is 2.16. The number of nitrogens with zero attached hydrogens (tertiary/aromatic N) is 2. The number of nitrogens with one attached hydrogen (secondary N) is 2. The lowest BCUT2D eigenvalue weighted by atomic mass is 10.1. The van der Waals surface area contributed by atoms with Crippen molar-refractivity contribution in [1.82, 2.24) is 9.97 Å². The summed E-state index contributed by atoms with van der Waals surface area (Å²) in [5, 5.41) is 16.0. The Morgan fingerprint density at radius 1 is 1.12 bits per heavy atom. The normalized spacial score (nSPS) is 10.6. The van der Waals surface area contributed by atoms with Gasteiger partial charge in [0.15, 0.2) is 5.82 Å². The van der Waals surface area contributed by atoms with Gasteiger partial charge in [0.2, 0.25) is 5.91 Å². The molecule has 0 saturated carbocycles. The zero-order chi connectivity index (χ0) is 23.8. The molecule has 172 valence electrons. The van der Waals surface area contributed by atoms with Crippen LogP contribution < -0.4 is 10.6 Å². The van der Waals surface area contributed by atoms with E-state index in [9.17, 15) is 9.59 Å². The van der Waals surface area contributed by atoms with E-state index in [0.29, 0.717) is 24.5 Å². The van der Waals surface area contributed by atoms with Gasteiger partial charge in [0.25, 0.3) is 0 Å². The number of benzene rings is 1. The van der Waals surface area contributed by atoms with Crippen molar-refractivity contribution in [2.24, 2.45) is 0 Å². The van der Waals surface area contributed by atoms with Crippen LogP contribution in [0.1, 0.15) is 43.5 Å². The molecule has 0 bridgehead atoms. The smallest absolute Gasteiger partial charge is 0.307 e. The first-order valence-electron chi connectivity index (χ1n) is 10.9. The van der Waals surface area contributed by atoms with E-state index in [1.807, 2.05) is 44.2 Å². The van der Waals surface area contributed by atoms with E-state index in [4.69, 9.17) is 15.1 Å². The van der Waals surface area contributed by atoms with Crippen LogP contribution in [-0.2, 0) is 28.9 Å². The third kappa shape index (κ3) is 6.49. The van der Waals surface area contributed by atoms with E-state index >= 15 is 0 Å². The highest BCUT2D eigenvalue weighted by Crippen LogP contribution is 2.32. The van der Waals surface area contributed by atoms with Crippen molar-refractivity contribution in [3.8, 4) is 10.7 Å². The number of hydrogen-bond donors (Lipinski definition) is 3. The Labute approximate surface area is 197 Å².